The van der Waals surface area contributed by atoms with E-state index in [1.165, 1.54) is 4.90 Å². The maximum Gasteiger partial charge on any atom is 0.256 e. The summed E-state index contributed by atoms with van der Waals surface area (Å²) in [5.74, 6) is -0.178. The average molecular weight is 252 g/mol. The quantitative estimate of drug-likeness (QED) is 0.729. The van der Waals surface area contributed by atoms with Crippen molar-refractivity contribution in [1.29, 1.82) is 0 Å². The van der Waals surface area contributed by atoms with Crippen molar-refractivity contribution in [2.75, 3.05) is 39.1 Å². The number of hydrogen-bond donors (Lipinski definition) is 2. The number of carbonyl (C=O) groups is 1. The molecule has 0 atom stereocenters. The van der Waals surface area contributed by atoms with Crippen molar-refractivity contribution in [3.8, 4) is 0 Å². The zero-order valence-electron chi connectivity index (χ0n) is 10.8. The number of nitrogens with zero attached hydrogens (tertiary/aromatic N) is 1. The molecule has 100 valence electrons. The highest BCUT2D eigenvalue weighted by Gasteiger charge is 2.17. The molecule has 0 aliphatic carbocycles. The molecule has 1 amide bonds. The lowest BCUT2D eigenvalue weighted by molar-refractivity contribution is 0.0657. The van der Waals surface area contributed by atoms with Crippen LogP contribution < -0.4 is 5.73 Å². The summed E-state index contributed by atoms with van der Waals surface area (Å²) in [6.07, 6.45) is 0. The molecule has 0 spiro atoms. The van der Waals surface area contributed by atoms with Crippen LogP contribution in [-0.4, -0.2) is 49.3 Å². The number of rotatable bonds is 6. The summed E-state index contributed by atoms with van der Waals surface area (Å²) in [4.78, 5) is 13.8. The van der Waals surface area contributed by atoms with E-state index in [4.69, 9.17) is 15.6 Å². The molecule has 0 heterocycles. The minimum absolute atomic E-state index is 0.0822. The predicted molar refractivity (Wildman–Crippen MR) is 70.5 cm³/mol. The van der Waals surface area contributed by atoms with E-state index in [0.29, 0.717) is 24.4 Å². The molecule has 5 nitrogen and oxygen atoms in total. The molecule has 3 N–H and O–H groups in total. The topological polar surface area (TPSA) is 75.8 Å². The Hall–Kier alpha value is -1.59. The van der Waals surface area contributed by atoms with Gasteiger partial charge in [-0.1, -0.05) is 12.1 Å². The summed E-state index contributed by atoms with van der Waals surface area (Å²) in [5.41, 5.74) is 7.74. The zero-order chi connectivity index (χ0) is 13.5. The first kappa shape index (κ1) is 14.5. The number of ether oxygens (including phenoxy) is 1. The molecule has 0 saturated heterocycles. The van der Waals surface area contributed by atoms with E-state index in [0.717, 1.165) is 5.56 Å². The summed E-state index contributed by atoms with van der Waals surface area (Å²) >= 11 is 0. The summed E-state index contributed by atoms with van der Waals surface area (Å²) in [7, 11) is 1.57. The first-order chi connectivity index (χ1) is 8.61. The Kier molecular flexibility index (Phi) is 5.61. The van der Waals surface area contributed by atoms with Crippen molar-refractivity contribution in [2.24, 2.45) is 0 Å². The lowest BCUT2D eigenvalue weighted by Crippen LogP contribution is -2.36. The largest absolute Gasteiger partial charge is 0.398 e. The van der Waals surface area contributed by atoms with Crippen LogP contribution in [0.5, 0.6) is 0 Å². The van der Waals surface area contributed by atoms with E-state index in [2.05, 4.69) is 0 Å². The van der Waals surface area contributed by atoms with Crippen molar-refractivity contribution in [3.63, 3.8) is 0 Å². The first-order valence-electron chi connectivity index (χ1n) is 5.86. The number of benzene rings is 1. The molecule has 0 bridgehead atoms. The Balaban J connectivity index is 2.90. The number of para-hydroxylation sites is 1. The first-order valence-corrected chi connectivity index (χ1v) is 5.86. The zero-order valence-corrected chi connectivity index (χ0v) is 10.8. The summed E-state index contributed by atoms with van der Waals surface area (Å²) in [6.45, 7) is 2.91. The minimum atomic E-state index is -0.178. The van der Waals surface area contributed by atoms with Crippen molar-refractivity contribution in [2.45, 2.75) is 6.92 Å². The molecule has 0 aromatic heterocycles. The number of aryl methyl sites for hydroxylation is 1. The molecule has 5 heteroatoms. The van der Waals surface area contributed by atoms with Crippen LogP contribution in [0.25, 0.3) is 0 Å². The molecular weight excluding hydrogens is 232 g/mol. The SMILES string of the molecule is COCCN(CCO)C(=O)c1cccc(C)c1N. The molecule has 1 aromatic rings. The lowest BCUT2D eigenvalue weighted by atomic mass is 10.1. The van der Waals surface area contributed by atoms with Crippen LogP contribution in [0.1, 0.15) is 15.9 Å². The number of nitrogen functional groups attached to an aromatic ring is 1. The van der Waals surface area contributed by atoms with Gasteiger partial charge in [-0.2, -0.15) is 0 Å². The molecular formula is C13H20N2O3. The summed E-state index contributed by atoms with van der Waals surface area (Å²) in [6, 6.07) is 5.35. The van der Waals surface area contributed by atoms with Crippen molar-refractivity contribution < 1.29 is 14.6 Å². The molecule has 0 aliphatic rings. The lowest BCUT2D eigenvalue weighted by Gasteiger charge is -2.22. The van der Waals surface area contributed by atoms with E-state index in [9.17, 15) is 4.79 Å². The van der Waals surface area contributed by atoms with E-state index >= 15 is 0 Å². The Bertz CT molecular complexity index is 407. The summed E-state index contributed by atoms with van der Waals surface area (Å²) < 4.78 is 4.95. The average Bonchev–Trinajstić information content (AvgIpc) is 2.37. The third kappa shape index (κ3) is 3.45. The van der Waals surface area contributed by atoms with Crippen LogP contribution in [-0.2, 0) is 4.74 Å². The fourth-order valence-corrected chi connectivity index (χ4v) is 1.67. The van der Waals surface area contributed by atoms with E-state index < -0.39 is 0 Å². The van der Waals surface area contributed by atoms with Gasteiger partial charge in [-0.25, -0.2) is 0 Å². The predicted octanol–water partition coefficient (Wildman–Crippen LogP) is 0.658. The number of amides is 1. The molecule has 18 heavy (non-hydrogen) atoms. The van der Waals surface area contributed by atoms with Crippen molar-refractivity contribution in [3.05, 3.63) is 29.3 Å². The molecule has 0 aliphatic heterocycles. The van der Waals surface area contributed by atoms with Gasteiger partial charge in [-0.05, 0) is 18.6 Å². The molecule has 0 unspecified atom stereocenters. The van der Waals surface area contributed by atoms with Gasteiger partial charge < -0.3 is 20.5 Å². The van der Waals surface area contributed by atoms with Gasteiger partial charge in [0.05, 0.1) is 18.8 Å². The second kappa shape index (κ2) is 6.98. The van der Waals surface area contributed by atoms with Gasteiger partial charge in [0.2, 0.25) is 0 Å². The second-order valence-corrected chi connectivity index (χ2v) is 4.04. The van der Waals surface area contributed by atoms with Crippen LogP contribution in [0.3, 0.4) is 0 Å². The highest BCUT2D eigenvalue weighted by atomic mass is 16.5. The van der Waals surface area contributed by atoms with Crippen LogP contribution in [0, 0.1) is 6.92 Å². The van der Waals surface area contributed by atoms with Gasteiger partial charge in [0.1, 0.15) is 0 Å². The van der Waals surface area contributed by atoms with Crippen LogP contribution >= 0.6 is 0 Å². The monoisotopic (exact) mass is 252 g/mol. The Morgan fingerprint density at radius 2 is 2.17 bits per heavy atom. The number of methoxy groups -OCH3 is 1. The van der Waals surface area contributed by atoms with E-state index in [-0.39, 0.29) is 19.1 Å². The Labute approximate surface area is 107 Å². The normalized spacial score (nSPS) is 10.4. The fraction of sp³-hybridized carbons (Fsp3) is 0.462. The number of anilines is 1. The second-order valence-electron chi connectivity index (χ2n) is 4.04. The smallest absolute Gasteiger partial charge is 0.256 e. The minimum Gasteiger partial charge on any atom is -0.398 e. The molecule has 0 radical (unpaired) electrons. The third-order valence-corrected chi connectivity index (χ3v) is 2.78. The summed E-state index contributed by atoms with van der Waals surface area (Å²) in [5, 5.41) is 8.99. The highest BCUT2D eigenvalue weighted by Crippen LogP contribution is 2.18. The maximum atomic E-state index is 12.3. The Morgan fingerprint density at radius 3 is 2.78 bits per heavy atom. The van der Waals surface area contributed by atoms with Gasteiger partial charge >= 0.3 is 0 Å². The fourth-order valence-electron chi connectivity index (χ4n) is 1.67. The van der Waals surface area contributed by atoms with Gasteiger partial charge in [0, 0.05) is 25.9 Å². The number of nitrogens with two attached hydrogens (primary N) is 1. The number of carbonyl (C=O) groups excluding carboxylic acids is 1. The van der Waals surface area contributed by atoms with E-state index in [1.54, 1.807) is 19.2 Å². The number of aliphatic hydroxyl groups is 1. The third-order valence-electron chi connectivity index (χ3n) is 2.78. The van der Waals surface area contributed by atoms with Gasteiger partial charge in [0.25, 0.3) is 5.91 Å². The van der Waals surface area contributed by atoms with Gasteiger partial charge in [-0.3, -0.25) is 4.79 Å². The molecule has 0 fully saturated rings. The van der Waals surface area contributed by atoms with Gasteiger partial charge in [-0.15, -0.1) is 0 Å². The molecule has 0 saturated carbocycles. The van der Waals surface area contributed by atoms with Crippen LogP contribution in [0.4, 0.5) is 5.69 Å². The maximum absolute atomic E-state index is 12.3. The van der Waals surface area contributed by atoms with Crippen LogP contribution in [0.2, 0.25) is 0 Å². The van der Waals surface area contributed by atoms with Crippen molar-refractivity contribution >= 4 is 11.6 Å². The highest BCUT2D eigenvalue weighted by molar-refractivity contribution is 5.99. The number of hydrogen-bond acceptors (Lipinski definition) is 4. The van der Waals surface area contributed by atoms with Crippen LogP contribution in [0.15, 0.2) is 18.2 Å². The Morgan fingerprint density at radius 1 is 1.44 bits per heavy atom. The standard InChI is InChI=1S/C13H20N2O3/c1-10-4-3-5-11(12(10)14)13(17)15(6-8-16)7-9-18-2/h3-5,16H,6-9,14H2,1-2H3. The molecule has 1 aromatic carbocycles. The van der Waals surface area contributed by atoms with Gasteiger partial charge in [0.15, 0.2) is 0 Å². The van der Waals surface area contributed by atoms with Crippen molar-refractivity contribution in [1.82, 2.24) is 4.90 Å². The molecule has 1 rings (SSSR count). The number of aliphatic hydroxyl groups excluding tert-OH is 1. The van der Waals surface area contributed by atoms with E-state index in [1.807, 2.05) is 13.0 Å².